The number of nitrogens with one attached hydrogen (secondary N) is 1. The lowest BCUT2D eigenvalue weighted by molar-refractivity contribution is -0.123. The van der Waals surface area contributed by atoms with E-state index in [9.17, 15) is 4.79 Å². The molecule has 3 N–H and O–H groups in total. The van der Waals surface area contributed by atoms with Gasteiger partial charge in [-0.1, -0.05) is 19.1 Å². The van der Waals surface area contributed by atoms with E-state index in [0.717, 1.165) is 6.54 Å². The molecule has 5 heteroatoms. The van der Waals surface area contributed by atoms with Gasteiger partial charge in [-0.2, -0.15) is 11.8 Å². The molecule has 0 aliphatic carbocycles. The lowest BCUT2D eigenvalue weighted by Crippen LogP contribution is -2.39. The number of nitrogens with two attached hydrogens (primary N) is 1. The number of amides is 1. The van der Waals surface area contributed by atoms with Crippen LogP contribution in [0.2, 0.25) is 0 Å². The monoisotopic (exact) mass is 246 g/mol. The fourth-order valence-electron chi connectivity index (χ4n) is 1.66. The molecule has 3 nitrogen and oxygen atoms in total. The van der Waals surface area contributed by atoms with Crippen molar-refractivity contribution in [2.75, 3.05) is 12.3 Å². The average Bonchev–Trinajstić information content (AvgIpc) is 2.67. The molecule has 0 aromatic rings. The fraction of sp³-hybridized carbons (Fsp3) is 0.800. The number of hydrogen-bond donors (Lipinski definition) is 2. The van der Waals surface area contributed by atoms with Gasteiger partial charge in [-0.05, 0) is 25.0 Å². The quantitative estimate of drug-likeness (QED) is 0.718. The van der Waals surface area contributed by atoms with Gasteiger partial charge in [0.05, 0.1) is 10.9 Å². The van der Waals surface area contributed by atoms with Crippen molar-refractivity contribution in [2.24, 2.45) is 11.7 Å². The highest BCUT2D eigenvalue weighted by Gasteiger charge is 2.21. The van der Waals surface area contributed by atoms with Crippen LogP contribution >= 0.6 is 24.0 Å². The molecule has 2 unspecified atom stereocenters. The Morgan fingerprint density at radius 3 is 2.93 bits per heavy atom. The predicted octanol–water partition coefficient (Wildman–Crippen LogP) is 1.31. The Morgan fingerprint density at radius 2 is 2.47 bits per heavy atom. The van der Waals surface area contributed by atoms with Gasteiger partial charge < -0.3 is 11.1 Å². The zero-order valence-electron chi connectivity index (χ0n) is 8.99. The van der Waals surface area contributed by atoms with Gasteiger partial charge in [0.25, 0.3) is 0 Å². The largest absolute Gasteiger partial charge is 0.393 e. The van der Waals surface area contributed by atoms with E-state index >= 15 is 0 Å². The number of thiocarbonyl (C=S) groups is 1. The van der Waals surface area contributed by atoms with Crippen LogP contribution in [0.4, 0.5) is 0 Å². The van der Waals surface area contributed by atoms with E-state index in [1.807, 2.05) is 18.7 Å². The number of carbonyl (C=O) groups is 1. The van der Waals surface area contributed by atoms with Crippen LogP contribution in [0.3, 0.4) is 0 Å². The first-order chi connectivity index (χ1) is 7.15. The Balaban J connectivity index is 2.30. The number of carbonyl (C=O) groups excluding carboxylic acids is 1. The van der Waals surface area contributed by atoms with Crippen molar-refractivity contribution in [3.05, 3.63) is 0 Å². The highest BCUT2D eigenvalue weighted by Crippen LogP contribution is 2.25. The Morgan fingerprint density at radius 1 is 1.73 bits per heavy atom. The molecule has 1 rings (SSSR count). The Hall–Kier alpha value is -0.290. The van der Waals surface area contributed by atoms with Gasteiger partial charge >= 0.3 is 0 Å². The molecule has 86 valence electrons. The van der Waals surface area contributed by atoms with Crippen LogP contribution < -0.4 is 11.1 Å². The first kappa shape index (κ1) is 12.8. The third-order valence-corrected chi connectivity index (χ3v) is 4.28. The molecule has 1 saturated heterocycles. The molecule has 0 radical (unpaired) electrons. The Bertz CT molecular complexity index is 240. The van der Waals surface area contributed by atoms with Gasteiger partial charge in [-0.3, -0.25) is 4.79 Å². The minimum absolute atomic E-state index is 0.0162. The number of hydrogen-bond acceptors (Lipinski definition) is 3. The standard InChI is InChI=1S/C10H18N2OS2/c1-2-8(9(11)14)10(13)12-6-7-4-3-5-15-7/h7-8H,2-6H2,1H3,(H2,11,14)(H,12,13). The summed E-state index contributed by atoms with van der Waals surface area (Å²) in [7, 11) is 0. The third-order valence-electron chi connectivity index (χ3n) is 2.60. The minimum Gasteiger partial charge on any atom is -0.393 e. The lowest BCUT2D eigenvalue weighted by atomic mass is 10.1. The molecule has 2 atom stereocenters. The van der Waals surface area contributed by atoms with Crippen molar-refractivity contribution in [2.45, 2.75) is 31.4 Å². The van der Waals surface area contributed by atoms with Gasteiger partial charge in [-0.15, -0.1) is 0 Å². The summed E-state index contributed by atoms with van der Waals surface area (Å²) >= 11 is 6.79. The molecule has 1 fully saturated rings. The van der Waals surface area contributed by atoms with E-state index in [1.165, 1.54) is 18.6 Å². The van der Waals surface area contributed by atoms with E-state index in [4.69, 9.17) is 18.0 Å². The summed E-state index contributed by atoms with van der Waals surface area (Å²) in [5.74, 6) is 0.899. The summed E-state index contributed by atoms with van der Waals surface area (Å²) in [6.45, 7) is 2.68. The van der Waals surface area contributed by atoms with E-state index in [0.29, 0.717) is 16.7 Å². The van der Waals surface area contributed by atoms with Gasteiger partial charge in [0.15, 0.2) is 0 Å². The van der Waals surface area contributed by atoms with Gasteiger partial charge in [0, 0.05) is 11.8 Å². The molecule has 1 amide bonds. The van der Waals surface area contributed by atoms with E-state index in [1.54, 1.807) is 0 Å². The van der Waals surface area contributed by atoms with Crippen LogP contribution in [0.25, 0.3) is 0 Å². The molecule has 0 aromatic carbocycles. The molecule has 1 heterocycles. The van der Waals surface area contributed by atoms with E-state index in [-0.39, 0.29) is 11.8 Å². The number of thioether (sulfide) groups is 1. The highest BCUT2D eigenvalue weighted by atomic mass is 32.2. The topological polar surface area (TPSA) is 55.1 Å². The normalized spacial score (nSPS) is 22.3. The second-order valence-corrected chi connectivity index (χ2v) is 5.62. The zero-order valence-corrected chi connectivity index (χ0v) is 10.6. The predicted molar refractivity (Wildman–Crippen MR) is 69.1 cm³/mol. The van der Waals surface area contributed by atoms with Crippen molar-refractivity contribution in [3.63, 3.8) is 0 Å². The fourth-order valence-corrected chi connectivity index (χ4v) is 3.13. The third kappa shape index (κ3) is 3.99. The Kier molecular flexibility index (Phi) is 5.39. The van der Waals surface area contributed by atoms with Crippen molar-refractivity contribution in [3.8, 4) is 0 Å². The van der Waals surface area contributed by atoms with Crippen LogP contribution in [0, 0.1) is 5.92 Å². The summed E-state index contributed by atoms with van der Waals surface area (Å²) < 4.78 is 0. The second kappa shape index (κ2) is 6.33. The second-order valence-electron chi connectivity index (χ2n) is 3.74. The SMILES string of the molecule is CCC(C(=O)NCC1CCCS1)C(N)=S. The summed E-state index contributed by atoms with van der Waals surface area (Å²) in [5.41, 5.74) is 5.50. The van der Waals surface area contributed by atoms with Gasteiger partial charge in [-0.25, -0.2) is 0 Å². The first-order valence-electron chi connectivity index (χ1n) is 5.33. The maximum Gasteiger partial charge on any atom is 0.229 e. The van der Waals surface area contributed by atoms with Crippen LogP contribution in [0.5, 0.6) is 0 Å². The summed E-state index contributed by atoms with van der Waals surface area (Å²) in [5, 5.41) is 3.51. The molecular formula is C10H18N2OS2. The summed E-state index contributed by atoms with van der Waals surface area (Å²) in [4.78, 5) is 12.0. The molecule has 0 saturated carbocycles. The van der Waals surface area contributed by atoms with Gasteiger partial charge in [0.1, 0.15) is 0 Å². The molecule has 0 aromatic heterocycles. The van der Waals surface area contributed by atoms with Crippen LogP contribution in [0.15, 0.2) is 0 Å². The summed E-state index contributed by atoms with van der Waals surface area (Å²) in [6, 6.07) is 0. The minimum atomic E-state index is -0.300. The maximum atomic E-state index is 11.7. The van der Waals surface area contributed by atoms with Crippen LogP contribution in [-0.2, 0) is 4.79 Å². The van der Waals surface area contributed by atoms with E-state index < -0.39 is 0 Å². The average molecular weight is 246 g/mol. The van der Waals surface area contributed by atoms with Crippen LogP contribution in [0.1, 0.15) is 26.2 Å². The summed E-state index contributed by atoms with van der Waals surface area (Å²) in [6.07, 6.45) is 3.14. The molecule has 0 spiro atoms. The smallest absolute Gasteiger partial charge is 0.229 e. The first-order valence-corrected chi connectivity index (χ1v) is 6.79. The van der Waals surface area contributed by atoms with Crippen molar-refractivity contribution in [1.29, 1.82) is 0 Å². The van der Waals surface area contributed by atoms with Crippen molar-refractivity contribution in [1.82, 2.24) is 5.32 Å². The molecule has 0 bridgehead atoms. The highest BCUT2D eigenvalue weighted by molar-refractivity contribution is 8.00. The van der Waals surface area contributed by atoms with Crippen molar-refractivity contribution >= 4 is 34.9 Å². The molecular weight excluding hydrogens is 228 g/mol. The van der Waals surface area contributed by atoms with Crippen LogP contribution in [-0.4, -0.2) is 28.4 Å². The van der Waals surface area contributed by atoms with E-state index in [2.05, 4.69) is 5.32 Å². The van der Waals surface area contributed by atoms with Gasteiger partial charge in [0.2, 0.25) is 5.91 Å². The molecule has 1 aliphatic rings. The molecule has 15 heavy (non-hydrogen) atoms. The number of rotatable bonds is 5. The zero-order chi connectivity index (χ0) is 11.3. The Labute approximate surface area is 101 Å². The maximum absolute atomic E-state index is 11.7. The van der Waals surface area contributed by atoms with Crippen molar-refractivity contribution < 1.29 is 4.79 Å². The molecule has 1 aliphatic heterocycles. The lowest BCUT2D eigenvalue weighted by Gasteiger charge is -2.15.